The molecule has 3 fully saturated rings. The highest BCUT2D eigenvalue weighted by atomic mass is 16.8. The van der Waals surface area contributed by atoms with E-state index in [2.05, 4.69) is 92.1 Å². The molecule has 12 N–H and O–H groups in total. The number of unbranched alkanes of at least 4 members (excludes halogenated alkanes) is 45. The van der Waals surface area contributed by atoms with Gasteiger partial charge in [-0.25, -0.2) is 0 Å². The molecule has 17 unspecified atom stereocenters. The van der Waals surface area contributed by atoms with Crippen molar-refractivity contribution in [3.8, 4) is 0 Å². The first kappa shape index (κ1) is 102. The number of rotatable bonds is 73. The van der Waals surface area contributed by atoms with E-state index in [0.717, 1.165) is 70.6 Å². The SMILES string of the molecule is CC/C=C\C/C=C\C/C=C\C/C=C\C/C=C\CCCCCCCCCCCCCCCCCCCCCCCCCCCC(=O)NC(COC1OC(CO)C(OC2OC(CO)C(OC3OC(CO)C(O)C(O)C3O)C(O)C2O)C(O)C1O)C(O)/C=C/CC/C=C/CCCCCCCCCCCCCCCCCCCCC. The minimum Gasteiger partial charge on any atom is -0.394 e. The van der Waals surface area contributed by atoms with E-state index in [0.29, 0.717) is 12.8 Å². The average molecular weight is 1570 g/mol. The standard InChI is InChI=1S/C92H165NO18/c1-3-5-7-9-11-13-15-17-19-21-23-25-27-29-30-31-32-33-34-35-36-37-38-39-40-41-42-43-44-46-48-50-52-54-56-58-60-62-64-66-68-70-80(98)93-75(76(97)69-67-65-63-61-59-57-55-53-51-49-47-45-28-26-24-22-20-18-16-14-12-10-8-6-4-2)74-106-90-86(104)83(101)88(78(72-95)108-90)111-92-87(105)84(102)89(79(73-96)109-92)110-91-85(103)82(100)81(99)77(71-94)107-91/h5,7,11,13,17,19,23,25,29-30,59,61,67,69,75-79,81-92,94-97,99-105H,3-4,6,8-10,12,14-16,18,20-22,24,26-28,31-58,60,62-66,68,70-74H2,1-2H3,(H,93,98)/b7-5-,13-11-,19-17-,25-23-,30-29-,61-59+,69-67+. The highest BCUT2D eigenvalue weighted by molar-refractivity contribution is 5.76. The van der Waals surface area contributed by atoms with Crippen LogP contribution in [-0.4, -0.2) is 193 Å². The lowest BCUT2D eigenvalue weighted by Gasteiger charge is -2.48. The average Bonchev–Trinajstić information content (AvgIpc) is 0.780. The quantitative estimate of drug-likeness (QED) is 0.0199. The zero-order chi connectivity index (χ0) is 80.3. The first-order valence-electron chi connectivity index (χ1n) is 45.3. The summed E-state index contributed by atoms with van der Waals surface area (Å²) >= 11 is 0. The summed E-state index contributed by atoms with van der Waals surface area (Å²) in [5.74, 6) is -0.279. The molecule has 19 heteroatoms. The van der Waals surface area contributed by atoms with Crippen molar-refractivity contribution in [3.63, 3.8) is 0 Å². The summed E-state index contributed by atoms with van der Waals surface area (Å²) < 4.78 is 34.5. The predicted molar refractivity (Wildman–Crippen MR) is 448 cm³/mol. The van der Waals surface area contributed by atoms with E-state index in [9.17, 15) is 61.0 Å². The number of carbonyl (C=O) groups excluding carboxylic acids is 1. The van der Waals surface area contributed by atoms with Crippen LogP contribution in [-0.2, 0) is 33.2 Å². The summed E-state index contributed by atoms with van der Waals surface area (Å²) in [5.41, 5.74) is 0. The molecule has 0 radical (unpaired) electrons. The van der Waals surface area contributed by atoms with E-state index < -0.39 is 124 Å². The maximum Gasteiger partial charge on any atom is 0.220 e. The molecule has 3 rings (SSSR count). The maximum atomic E-state index is 13.5. The fraction of sp³-hybridized carbons (Fsp3) is 0.837. The van der Waals surface area contributed by atoms with E-state index in [-0.39, 0.29) is 18.9 Å². The molecule has 646 valence electrons. The summed E-state index contributed by atoms with van der Waals surface area (Å²) in [6.07, 6.45) is 70.3. The summed E-state index contributed by atoms with van der Waals surface area (Å²) in [6.45, 7) is 1.65. The number of ether oxygens (including phenoxy) is 6. The highest BCUT2D eigenvalue weighted by Crippen LogP contribution is 2.34. The third-order valence-electron chi connectivity index (χ3n) is 22.2. The Kier molecular flexibility index (Phi) is 65.4. The monoisotopic (exact) mass is 1570 g/mol. The van der Waals surface area contributed by atoms with Crippen LogP contribution in [0.2, 0.25) is 0 Å². The number of nitrogens with one attached hydrogen (secondary N) is 1. The number of amides is 1. The molecule has 3 aliphatic rings. The molecule has 3 heterocycles. The number of hydrogen-bond acceptors (Lipinski definition) is 18. The molecule has 0 aromatic heterocycles. The van der Waals surface area contributed by atoms with Gasteiger partial charge < -0.3 is 89.9 Å². The van der Waals surface area contributed by atoms with Gasteiger partial charge in [0.2, 0.25) is 5.91 Å². The van der Waals surface area contributed by atoms with Gasteiger partial charge in [0.1, 0.15) is 73.2 Å². The second-order valence-corrected chi connectivity index (χ2v) is 32.0. The zero-order valence-electron chi connectivity index (χ0n) is 69.7. The normalized spacial score (nSPS) is 25.4. The van der Waals surface area contributed by atoms with Crippen molar-refractivity contribution in [1.29, 1.82) is 0 Å². The maximum absolute atomic E-state index is 13.5. The Balaban J connectivity index is 1.30. The summed E-state index contributed by atoms with van der Waals surface area (Å²) in [7, 11) is 0. The van der Waals surface area contributed by atoms with E-state index in [1.807, 2.05) is 6.08 Å². The van der Waals surface area contributed by atoms with E-state index in [1.165, 1.54) is 257 Å². The van der Waals surface area contributed by atoms with Crippen molar-refractivity contribution in [1.82, 2.24) is 5.32 Å². The summed E-state index contributed by atoms with van der Waals surface area (Å²) in [5, 5.41) is 121. The fourth-order valence-electron chi connectivity index (χ4n) is 15.0. The van der Waals surface area contributed by atoms with Crippen molar-refractivity contribution >= 4 is 5.91 Å². The topological polar surface area (TPSA) is 307 Å². The third-order valence-corrected chi connectivity index (χ3v) is 22.2. The summed E-state index contributed by atoms with van der Waals surface area (Å²) in [6, 6.07) is -0.993. The van der Waals surface area contributed by atoms with Crippen LogP contribution in [0.3, 0.4) is 0 Å². The largest absolute Gasteiger partial charge is 0.394 e. The van der Waals surface area contributed by atoms with Crippen molar-refractivity contribution in [2.45, 2.75) is 465 Å². The smallest absolute Gasteiger partial charge is 0.220 e. The highest BCUT2D eigenvalue weighted by Gasteiger charge is 2.54. The molecule has 0 aromatic carbocycles. The van der Waals surface area contributed by atoms with Gasteiger partial charge in [-0.05, 0) is 77.0 Å². The van der Waals surface area contributed by atoms with Crippen LogP contribution in [0.1, 0.15) is 361 Å². The predicted octanol–water partition coefficient (Wildman–Crippen LogP) is 17.3. The second-order valence-electron chi connectivity index (χ2n) is 32.0. The lowest BCUT2D eigenvalue weighted by atomic mass is 9.96. The zero-order valence-corrected chi connectivity index (χ0v) is 69.7. The number of aliphatic hydroxyl groups is 11. The van der Waals surface area contributed by atoms with Gasteiger partial charge in [0.05, 0.1) is 38.6 Å². The van der Waals surface area contributed by atoms with Crippen molar-refractivity contribution in [2.75, 3.05) is 26.4 Å². The van der Waals surface area contributed by atoms with Gasteiger partial charge in [0, 0.05) is 6.42 Å². The minimum atomic E-state index is -1.98. The van der Waals surface area contributed by atoms with Crippen LogP contribution >= 0.6 is 0 Å². The molecule has 19 nitrogen and oxygen atoms in total. The Morgan fingerprint density at radius 3 is 1.01 bits per heavy atom. The lowest BCUT2D eigenvalue weighted by Crippen LogP contribution is -2.66. The Hall–Kier alpha value is -3.03. The van der Waals surface area contributed by atoms with E-state index in [4.69, 9.17) is 28.4 Å². The number of aliphatic hydroxyl groups excluding tert-OH is 11. The number of allylic oxidation sites excluding steroid dienone is 13. The molecule has 3 saturated heterocycles. The van der Waals surface area contributed by atoms with Crippen LogP contribution in [0, 0.1) is 0 Å². The first-order valence-corrected chi connectivity index (χ1v) is 45.3. The molecule has 0 aromatic rings. The molecule has 3 aliphatic heterocycles. The number of hydrogen-bond donors (Lipinski definition) is 12. The number of carbonyl (C=O) groups is 1. The first-order chi connectivity index (χ1) is 54.3. The van der Waals surface area contributed by atoms with Gasteiger partial charge in [0.25, 0.3) is 0 Å². The van der Waals surface area contributed by atoms with E-state index in [1.54, 1.807) is 6.08 Å². The van der Waals surface area contributed by atoms with Gasteiger partial charge in [-0.15, -0.1) is 0 Å². The summed E-state index contributed by atoms with van der Waals surface area (Å²) in [4.78, 5) is 13.5. The minimum absolute atomic E-state index is 0.237. The Morgan fingerprint density at radius 2 is 0.631 bits per heavy atom. The molecular formula is C92H165NO18. The molecule has 0 saturated carbocycles. The Labute approximate surface area is 673 Å². The molecule has 111 heavy (non-hydrogen) atoms. The van der Waals surface area contributed by atoms with Crippen LogP contribution in [0.5, 0.6) is 0 Å². The fourth-order valence-corrected chi connectivity index (χ4v) is 15.0. The van der Waals surface area contributed by atoms with Crippen LogP contribution in [0.25, 0.3) is 0 Å². The molecular weight excluding hydrogens is 1410 g/mol. The molecule has 0 aliphatic carbocycles. The van der Waals surface area contributed by atoms with Crippen LogP contribution < -0.4 is 5.32 Å². The van der Waals surface area contributed by atoms with E-state index >= 15 is 0 Å². The molecule has 17 atom stereocenters. The van der Waals surface area contributed by atoms with Gasteiger partial charge in [-0.1, -0.05) is 362 Å². The molecule has 1 amide bonds. The molecule has 0 bridgehead atoms. The second kappa shape index (κ2) is 71.1. The van der Waals surface area contributed by atoms with Crippen molar-refractivity contribution < 1.29 is 89.4 Å². The Morgan fingerprint density at radius 1 is 0.333 bits per heavy atom. The third kappa shape index (κ3) is 49.7. The van der Waals surface area contributed by atoms with Gasteiger partial charge in [-0.2, -0.15) is 0 Å². The Bertz CT molecular complexity index is 2330. The van der Waals surface area contributed by atoms with Crippen molar-refractivity contribution in [3.05, 3.63) is 85.1 Å². The molecule has 0 spiro atoms. The van der Waals surface area contributed by atoms with Crippen LogP contribution in [0.4, 0.5) is 0 Å². The van der Waals surface area contributed by atoms with Gasteiger partial charge in [0.15, 0.2) is 18.9 Å². The van der Waals surface area contributed by atoms with Crippen LogP contribution in [0.15, 0.2) is 85.1 Å². The van der Waals surface area contributed by atoms with Crippen molar-refractivity contribution in [2.24, 2.45) is 0 Å². The van der Waals surface area contributed by atoms with Gasteiger partial charge >= 0.3 is 0 Å². The van der Waals surface area contributed by atoms with Gasteiger partial charge in [-0.3, -0.25) is 4.79 Å². The lowest BCUT2D eigenvalue weighted by molar-refractivity contribution is -0.379.